The molecular formula is C22H27ClN2O5. The van der Waals surface area contributed by atoms with Gasteiger partial charge in [0.15, 0.2) is 6.10 Å². The van der Waals surface area contributed by atoms with Crippen molar-refractivity contribution in [2.24, 2.45) is 23.7 Å². The van der Waals surface area contributed by atoms with Crippen LogP contribution in [0.2, 0.25) is 5.02 Å². The number of rotatable bonds is 5. The number of hydrogen-bond donors (Lipinski definition) is 3. The molecule has 2 bridgehead atoms. The van der Waals surface area contributed by atoms with Crippen molar-refractivity contribution in [3.63, 3.8) is 0 Å². The third-order valence-electron chi connectivity index (χ3n) is 6.13. The minimum atomic E-state index is -0.970. The minimum Gasteiger partial charge on any atom is -0.481 e. The highest BCUT2D eigenvalue weighted by Crippen LogP contribution is 2.57. The smallest absolute Gasteiger partial charge is 0.307 e. The lowest BCUT2D eigenvalue weighted by molar-refractivity contribution is -0.150. The summed E-state index contributed by atoms with van der Waals surface area (Å²) in [6, 6.07) is 5.07. The Kier molecular flexibility index (Phi) is 6.41. The highest BCUT2D eigenvalue weighted by molar-refractivity contribution is 6.30. The van der Waals surface area contributed by atoms with Gasteiger partial charge in [0.05, 0.1) is 11.8 Å². The molecule has 5 atom stereocenters. The average molecular weight is 435 g/mol. The number of amides is 2. The Hall–Kier alpha value is -2.54. The lowest BCUT2D eigenvalue weighted by atomic mass is 9.79. The van der Waals surface area contributed by atoms with Crippen LogP contribution in [-0.2, 0) is 14.4 Å². The predicted molar refractivity (Wildman–Crippen MR) is 112 cm³/mol. The van der Waals surface area contributed by atoms with E-state index in [1.54, 1.807) is 25.1 Å². The Morgan fingerprint density at radius 3 is 2.33 bits per heavy atom. The van der Waals surface area contributed by atoms with Gasteiger partial charge in [-0.3, -0.25) is 25.2 Å². The largest absolute Gasteiger partial charge is 0.481 e. The van der Waals surface area contributed by atoms with Gasteiger partial charge in [0.2, 0.25) is 5.91 Å². The van der Waals surface area contributed by atoms with E-state index in [0.717, 1.165) is 29.6 Å². The number of halogens is 1. The standard InChI is InChI=1S/C22H27ClN2O5/c1-10(2)17-14-6-7-15(17)19(22(28)29)18(14)21(27)25-24-20(26)12(4)30-16-8-5-13(23)9-11(16)3/h5,8-9,12,14-15,18-19H,6-7H2,1-4H3,(H,24,26)(H,25,27)(H,28,29). The van der Waals surface area contributed by atoms with Crippen LogP contribution in [0, 0.1) is 30.6 Å². The van der Waals surface area contributed by atoms with Crippen LogP contribution in [-0.4, -0.2) is 29.0 Å². The van der Waals surface area contributed by atoms with Crippen LogP contribution < -0.4 is 15.6 Å². The van der Waals surface area contributed by atoms with E-state index < -0.39 is 35.7 Å². The number of ether oxygens (including phenoxy) is 1. The number of aryl methyl sites for hydroxylation is 1. The topological polar surface area (TPSA) is 105 Å². The van der Waals surface area contributed by atoms with Crippen LogP contribution in [0.15, 0.2) is 29.3 Å². The number of aliphatic carboxylic acids is 1. The number of hydrogen-bond acceptors (Lipinski definition) is 4. The van der Waals surface area contributed by atoms with Crippen LogP contribution >= 0.6 is 11.6 Å². The van der Waals surface area contributed by atoms with Crippen molar-refractivity contribution in [2.75, 3.05) is 0 Å². The number of carboxylic acid groups (broad SMARTS) is 1. The van der Waals surface area contributed by atoms with Crippen LogP contribution in [0.3, 0.4) is 0 Å². The molecule has 1 aromatic carbocycles. The monoisotopic (exact) mass is 434 g/mol. The first-order valence-corrected chi connectivity index (χ1v) is 10.4. The molecule has 0 radical (unpaired) electrons. The maximum absolute atomic E-state index is 12.8. The fourth-order valence-electron chi connectivity index (χ4n) is 4.90. The molecule has 3 N–H and O–H groups in total. The summed E-state index contributed by atoms with van der Waals surface area (Å²) in [6.45, 7) is 7.29. The van der Waals surface area contributed by atoms with Crippen LogP contribution in [0.5, 0.6) is 5.75 Å². The Balaban J connectivity index is 1.64. The van der Waals surface area contributed by atoms with Gasteiger partial charge in [-0.05, 0) is 76.1 Å². The minimum absolute atomic E-state index is 0.0941. The average Bonchev–Trinajstić information content (AvgIpc) is 3.24. The number of fused-ring (bicyclic) bond motifs is 2. The lowest BCUT2D eigenvalue weighted by Gasteiger charge is -2.26. The van der Waals surface area contributed by atoms with Gasteiger partial charge in [0, 0.05) is 5.02 Å². The number of carbonyl (C=O) groups is 3. The van der Waals surface area contributed by atoms with Gasteiger partial charge in [-0.25, -0.2) is 0 Å². The number of carbonyl (C=O) groups excluding carboxylic acids is 2. The Morgan fingerprint density at radius 1 is 1.13 bits per heavy atom. The van der Waals surface area contributed by atoms with Gasteiger partial charge in [-0.1, -0.05) is 22.7 Å². The Morgan fingerprint density at radius 2 is 1.77 bits per heavy atom. The Labute approximate surface area is 180 Å². The summed E-state index contributed by atoms with van der Waals surface area (Å²) in [5, 5.41) is 10.3. The molecule has 2 amide bonds. The fraction of sp³-hybridized carbons (Fsp3) is 0.500. The third-order valence-corrected chi connectivity index (χ3v) is 6.36. The summed E-state index contributed by atoms with van der Waals surface area (Å²) >= 11 is 5.93. The van der Waals surface area contributed by atoms with Crippen molar-refractivity contribution in [1.29, 1.82) is 0 Å². The molecule has 162 valence electrons. The third kappa shape index (κ3) is 4.17. The summed E-state index contributed by atoms with van der Waals surface area (Å²) in [7, 11) is 0. The molecule has 1 aromatic rings. The second kappa shape index (κ2) is 8.68. The maximum Gasteiger partial charge on any atom is 0.307 e. The van der Waals surface area contributed by atoms with E-state index in [2.05, 4.69) is 10.9 Å². The van der Waals surface area contributed by atoms with Crippen molar-refractivity contribution in [1.82, 2.24) is 10.9 Å². The molecule has 2 aliphatic carbocycles. The van der Waals surface area contributed by atoms with Crippen molar-refractivity contribution in [3.05, 3.63) is 39.9 Å². The zero-order chi connectivity index (χ0) is 22.2. The molecule has 0 spiro atoms. The molecule has 0 aromatic heterocycles. The molecule has 5 unspecified atom stereocenters. The van der Waals surface area contributed by atoms with Gasteiger partial charge in [-0.15, -0.1) is 0 Å². The second-order valence-corrected chi connectivity index (χ2v) is 8.72. The molecule has 7 nitrogen and oxygen atoms in total. The van der Waals surface area contributed by atoms with Crippen molar-refractivity contribution >= 4 is 29.4 Å². The van der Waals surface area contributed by atoms with Crippen LogP contribution in [0.1, 0.15) is 39.2 Å². The van der Waals surface area contributed by atoms with Gasteiger partial charge in [-0.2, -0.15) is 0 Å². The van der Waals surface area contributed by atoms with E-state index in [1.165, 1.54) is 0 Å². The summed E-state index contributed by atoms with van der Waals surface area (Å²) < 4.78 is 5.65. The first kappa shape index (κ1) is 22.2. The van der Waals surface area contributed by atoms with Crippen LogP contribution in [0.4, 0.5) is 0 Å². The van der Waals surface area contributed by atoms with E-state index in [4.69, 9.17) is 16.3 Å². The van der Waals surface area contributed by atoms with Crippen molar-refractivity contribution < 1.29 is 24.2 Å². The van der Waals surface area contributed by atoms with E-state index in [0.29, 0.717) is 10.8 Å². The van der Waals surface area contributed by atoms with Gasteiger partial charge in [0.1, 0.15) is 5.75 Å². The number of carboxylic acids is 1. The van der Waals surface area contributed by atoms with E-state index in [-0.39, 0.29) is 11.8 Å². The second-order valence-electron chi connectivity index (χ2n) is 8.28. The molecule has 3 rings (SSSR count). The molecular weight excluding hydrogens is 408 g/mol. The fourth-order valence-corrected chi connectivity index (χ4v) is 5.13. The maximum atomic E-state index is 12.8. The van der Waals surface area contributed by atoms with Gasteiger partial charge in [0.25, 0.3) is 5.91 Å². The molecule has 0 aliphatic heterocycles. The molecule has 0 heterocycles. The molecule has 30 heavy (non-hydrogen) atoms. The lowest BCUT2D eigenvalue weighted by Crippen LogP contribution is -2.51. The number of benzene rings is 1. The first-order chi connectivity index (χ1) is 14.1. The van der Waals surface area contributed by atoms with E-state index in [9.17, 15) is 19.5 Å². The SMILES string of the molecule is CC(C)=C1C2CCC1C(C(=O)NNC(=O)C(C)Oc1ccc(Cl)cc1C)C2C(=O)O. The zero-order valence-corrected chi connectivity index (χ0v) is 18.2. The highest BCUT2D eigenvalue weighted by atomic mass is 35.5. The summed E-state index contributed by atoms with van der Waals surface area (Å²) in [4.78, 5) is 37.1. The zero-order valence-electron chi connectivity index (χ0n) is 17.5. The van der Waals surface area contributed by atoms with E-state index in [1.807, 2.05) is 20.8 Å². The number of nitrogens with one attached hydrogen (secondary N) is 2. The summed E-state index contributed by atoms with van der Waals surface area (Å²) in [6.07, 6.45) is 0.703. The predicted octanol–water partition coefficient (Wildman–Crippen LogP) is 3.26. The molecule has 8 heteroatoms. The highest BCUT2D eigenvalue weighted by Gasteiger charge is 2.57. The quantitative estimate of drug-likeness (QED) is 0.487. The van der Waals surface area contributed by atoms with Gasteiger partial charge < -0.3 is 9.84 Å². The summed E-state index contributed by atoms with van der Waals surface area (Å²) in [5.41, 5.74) is 7.74. The Bertz CT molecular complexity index is 909. The van der Waals surface area contributed by atoms with Crippen molar-refractivity contribution in [2.45, 2.75) is 46.6 Å². The van der Waals surface area contributed by atoms with Gasteiger partial charge >= 0.3 is 5.97 Å². The summed E-state index contributed by atoms with van der Waals surface area (Å²) in [5.74, 6) is -3.13. The number of hydrazine groups is 1. The molecule has 0 saturated heterocycles. The number of allylic oxidation sites excluding steroid dienone is 2. The first-order valence-electron chi connectivity index (χ1n) is 10.0. The van der Waals surface area contributed by atoms with Crippen LogP contribution in [0.25, 0.3) is 0 Å². The molecule has 2 saturated carbocycles. The van der Waals surface area contributed by atoms with E-state index >= 15 is 0 Å². The molecule has 2 aliphatic rings. The molecule has 2 fully saturated rings. The van der Waals surface area contributed by atoms with Crippen molar-refractivity contribution in [3.8, 4) is 5.75 Å². The normalized spacial score (nSPS) is 25.6.